The van der Waals surface area contributed by atoms with E-state index in [2.05, 4.69) is 10.3 Å². The van der Waals surface area contributed by atoms with Crippen molar-refractivity contribution in [2.24, 2.45) is 0 Å². The summed E-state index contributed by atoms with van der Waals surface area (Å²) < 4.78 is 14.3. The Kier molecular flexibility index (Phi) is 4.57. The molecule has 0 radical (unpaired) electrons. The van der Waals surface area contributed by atoms with Gasteiger partial charge in [-0.25, -0.2) is 9.37 Å². The fourth-order valence-corrected chi connectivity index (χ4v) is 2.48. The third-order valence-corrected chi connectivity index (χ3v) is 3.81. The van der Waals surface area contributed by atoms with Gasteiger partial charge in [0.25, 0.3) is 5.56 Å². The molecule has 122 valence electrons. The van der Waals surface area contributed by atoms with Crippen LogP contribution >= 0.6 is 11.6 Å². The zero-order valence-electron chi connectivity index (χ0n) is 12.5. The number of carbonyl (C=O) groups is 1. The van der Waals surface area contributed by atoms with E-state index in [1.165, 1.54) is 29.1 Å². The quantitative estimate of drug-likeness (QED) is 0.790. The van der Waals surface area contributed by atoms with Crippen LogP contribution in [0.25, 0.3) is 10.9 Å². The van der Waals surface area contributed by atoms with Gasteiger partial charge in [0.05, 0.1) is 22.3 Å². The molecule has 0 bridgehead atoms. The Hall–Kier alpha value is -2.73. The molecule has 0 unspecified atom stereocenters. The van der Waals surface area contributed by atoms with Crippen molar-refractivity contribution in [2.45, 2.75) is 13.1 Å². The Labute approximate surface area is 141 Å². The molecule has 2 aromatic carbocycles. The number of nitrogens with one attached hydrogen (secondary N) is 1. The van der Waals surface area contributed by atoms with Gasteiger partial charge in [-0.3, -0.25) is 14.2 Å². The SMILES string of the molecule is O=C(Cn1cnc2ccccc2c1=O)NCc1ccc(F)c(Cl)c1. The van der Waals surface area contributed by atoms with E-state index in [-0.39, 0.29) is 29.6 Å². The zero-order valence-corrected chi connectivity index (χ0v) is 13.3. The number of halogens is 2. The number of amides is 1. The molecule has 0 saturated carbocycles. The third kappa shape index (κ3) is 3.44. The second kappa shape index (κ2) is 6.80. The maximum absolute atomic E-state index is 13.1. The lowest BCUT2D eigenvalue weighted by molar-refractivity contribution is -0.121. The predicted molar refractivity (Wildman–Crippen MR) is 89.3 cm³/mol. The van der Waals surface area contributed by atoms with Crippen molar-refractivity contribution in [1.29, 1.82) is 0 Å². The van der Waals surface area contributed by atoms with Crippen molar-refractivity contribution in [3.05, 3.63) is 75.5 Å². The molecule has 3 rings (SSSR count). The summed E-state index contributed by atoms with van der Waals surface area (Å²) in [6, 6.07) is 11.2. The van der Waals surface area contributed by atoms with Gasteiger partial charge in [-0.2, -0.15) is 0 Å². The number of hydrogen-bond donors (Lipinski definition) is 1. The number of fused-ring (bicyclic) bond motifs is 1. The molecule has 0 aliphatic carbocycles. The topological polar surface area (TPSA) is 64.0 Å². The van der Waals surface area contributed by atoms with Crippen LogP contribution in [0.3, 0.4) is 0 Å². The molecule has 0 atom stereocenters. The van der Waals surface area contributed by atoms with E-state index in [1.807, 2.05) is 0 Å². The molecule has 1 heterocycles. The monoisotopic (exact) mass is 345 g/mol. The standard InChI is InChI=1S/C17H13ClFN3O2/c18-13-7-11(5-6-14(13)19)8-20-16(23)9-22-10-21-15-4-2-1-3-12(15)17(22)24/h1-7,10H,8-9H2,(H,20,23). The highest BCUT2D eigenvalue weighted by atomic mass is 35.5. The van der Waals surface area contributed by atoms with Crippen LogP contribution in [0.2, 0.25) is 5.02 Å². The van der Waals surface area contributed by atoms with E-state index in [9.17, 15) is 14.0 Å². The molecule has 1 N–H and O–H groups in total. The Morgan fingerprint density at radius 2 is 2.04 bits per heavy atom. The molecule has 3 aromatic rings. The summed E-state index contributed by atoms with van der Waals surface area (Å²) in [5.74, 6) is -0.866. The molecule has 5 nitrogen and oxygen atoms in total. The molecule has 0 aliphatic rings. The summed E-state index contributed by atoms with van der Waals surface area (Å²) in [5, 5.41) is 3.12. The second-order valence-corrected chi connectivity index (χ2v) is 5.63. The van der Waals surface area contributed by atoms with Crippen molar-refractivity contribution >= 4 is 28.4 Å². The third-order valence-electron chi connectivity index (χ3n) is 3.52. The first-order chi connectivity index (χ1) is 11.5. The summed E-state index contributed by atoms with van der Waals surface area (Å²) >= 11 is 5.69. The van der Waals surface area contributed by atoms with Crippen LogP contribution in [0, 0.1) is 5.82 Å². The van der Waals surface area contributed by atoms with Crippen LogP contribution in [0.4, 0.5) is 4.39 Å². The number of carbonyl (C=O) groups excluding carboxylic acids is 1. The van der Waals surface area contributed by atoms with Gasteiger partial charge >= 0.3 is 0 Å². The largest absolute Gasteiger partial charge is 0.350 e. The van der Waals surface area contributed by atoms with Crippen molar-refractivity contribution in [3.8, 4) is 0 Å². The number of nitrogens with zero attached hydrogens (tertiary/aromatic N) is 2. The van der Waals surface area contributed by atoms with E-state index >= 15 is 0 Å². The molecule has 0 saturated heterocycles. The molecule has 0 spiro atoms. The van der Waals surface area contributed by atoms with Gasteiger partial charge in [0, 0.05) is 6.54 Å². The lowest BCUT2D eigenvalue weighted by Crippen LogP contribution is -2.32. The Morgan fingerprint density at radius 1 is 1.25 bits per heavy atom. The van der Waals surface area contributed by atoms with Crippen LogP contribution in [0.5, 0.6) is 0 Å². The van der Waals surface area contributed by atoms with Crippen LogP contribution in [0.1, 0.15) is 5.56 Å². The highest BCUT2D eigenvalue weighted by Crippen LogP contribution is 2.15. The number of rotatable bonds is 4. The van der Waals surface area contributed by atoms with Crippen LogP contribution in [-0.2, 0) is 17.9 Å². The first-order valence-electron chi connectivity index (χ1n) is 7.19. The van der Waals surface area contributed by atoms with Gasteiger partial charge in [0.15, 0.2) is 0 Å². The van der Waals surface area contributed by atoms with Crippen molar-refractivity contribution in [1.82, 2.24) is 14.9 Å². The first-order valence-corrected chi connectivity index (χ1v) is 7.57. The van der Waals surface area contributed by atoms with E-state index in [0.717, 1.165) is 0 Å². The molecule has 1 aromatic heterocycles. The average Bonchev–Trinajstić information content (AvgIpc) is 2.59. The molecule has 0 aliphatic heterocycles. The minimum Gasteiger partial charge on any atom is -0.350 e. The van der Waals surface area contributed by atoms with E-state index in [4.69, 9.17) is 11.6 Å². The van der Waals surface area contributed by atoms with Crippen molar-refractivity contribution in [2.75, 3.05) is 0 Å². The number of para-hydroxylation sites is 1. The molecule has 0 fully saturated rings. The van der Waals surface area contributed by atoms with Crippen molar-refractivity contribution in [3.63, 3.8) is 0 Å². The highest BCUT2D eigenvalue weighted by Gasteiger charge is 2.08. The fraction of sp³-hybridized carbons (Fsp3) is 0.118. The van der Waals surface area contributed by atoms with Crippen LogP contribution in [0.15, 0.2) is 53.6 Å². The molecular formula is C17H13ClFN3O2. The van der Waals surface area contributed by atoms with E-state index in [1.54, 1.807) is 24.3 Å². The van der Waals surface area contributed by atoms with Gasteiger partial charge in [-0.05, 0) is 29.8 Å². The molecule has 1 amide bonds. The molecule has 7 heteroatoms. The minimum absolute atomic E-state index is 0.00306. The van der Waals surface area contributed by atoms with E-state index < -0.39 is 5.82 Å². The summed E-state index contributed by atoms with van der Waals surface area (Å²) in [7, 11) is 0. The Bertz CT molecular complexity index is 971. The first kappa shape index (κ1) is 16.1. The smallest absolute Gasteiger partial charge is 0.261 e. The Balaban J connectivity index is 1.70. The number of benzene rings is 2. The molecule has 24 heavy (non-hydrogen) atoms. The average molecular weight is 346 g/mol. The normalized spacial score (nSPS) is 10.8. The maximum Gasteiger partial charge on any atom is 0.261 e. The predicted octanol–water partition coefficient (Wildman–Crippen LogP) is 2.51. The number of hydrogen-bond acceptors (Lipinski definition) is 3. The van der Waals surface area contributed by atoms with Crippen molar-refractivity contribution < 1.29 is 9.18 Å². The van der Waals surface area contributed by atoms with Gasteiger partial charge in [0.2, 0.25) is 5.91 Å². The van der Waals surface area contributed by atoms with Gasteiger partial charge in [0.1, 0.15) is 12.4 Å². The summed E-state index contributed by atoms with van der Waals surface area (Å²) in [6.07, 6.45) is 1.35. The lowest BCUT2D eigenvalue weighted by Gasteiger charge is -2.08. The lowest BCUT2D eigenvalue weighted by atomic mass is 10.2. The van der Waals surface area contributed by atoms with Gasteiger partial charge in [-0.1, -0.05) is 29.8 Å². The maximum atomic E-state index is 13.1. The number of aromatic nitrogens is 2. The zero-order chi connectivity index (χ0) is 17.1. The van der Waals surface area contributed by atoms with E-state index in [0.29, 0.717) is 16.5 Å². The minimum atomic E-state index is -0.513. The second-order valence-electron chi connectivity index (χ2n) is 5.22. The highest BCUT2D eigenvalue weighted by molar-refractivity contribution is 6.30. The summed E-state index contributed by atoms with van der Waals surface area (Å²) in [6.45, 7) is 0.0419. The Morgan fingerprint density at radius 3 is 2.83 bits per heavy atom. The van der Waals surface area contributed by atoms with Crippen LogP contribution < -0.4 is 10.9 Å². The summed E-state index contributed by atoms with van der Waals surface area (Å²) in [4.78, 5) is 28.5. The van der Waals surface area contributed by atoms with Gasteiger partial charge in [-0.15, -0.1) is 0 Å². The molecular weight excluding hydrogens is 333 g/mol. The van der Waals surface area contributed by atoms with Gasteiger partial charge < -0.3 is 5.32 Å². The van der Waals surface area contributed by atoms with Crippen LogP contribution in [-0.4, -0.2) is 15.5 Å². The fourth-order valence-electron chi connectivity index (χ4n) is 2.28. The summed E-state index contributed by atoms with van der Waals surface area (Å²) in [5.41, 5.74) is 0.972.